The molecule has 5 atom stereocenters. The van der Waals surface area contributed by atoms with Crippen molar-refractivity contribution in [2.75, 3.05) is 6.54 Å². The number of aliphatic hydroxyl groups excluding tert-OH is 3. The maximum Gasteiger partial charge on any atom is 0.524 e. The fourth-order valence-corrected chi connectivity index (χ4v) is 3.35. The van der Waals surface area contributed by atoms with Crippen LogP contribution >= 0.6 is 7.82 Å². The van der Waals surface area contributed by atoms with E-state index in [1.54, 1.807) is 0 Å². The molecule has 13 heteroatoms. The fraction of sp³-hybridized carbons (Fsp3) is 0.500. The Kier molecular flexibility index (Phi) is 7.72. The summed E-state index contributed by atoms with van der Waals surface area (Å²) in [4.78, 5) is 40.6. The molecule has 1 saturated heterocycles. The van der Waals surface area contributed by atoms with Crippen LogP contribution in [0.2, 0.25) is 0 Å². The Morgan fingerprint density at radius 1 is 1.07 bits per heavy atom. The number of amides is 1. The van der Waals surface area contributed by atoms with Gasteiger partial charge < -0.3 is 30.3 Å². The molecule has 0 aromatic heterocycles. The van der Waals surface area contributed by atoms with Crippen molar-refractivity contribution in [3.05, 3.63) is 29.8 Å². The number of carboxylic acid groups (broad SMARTS) is 1. The van der Waals surface area contributed by atoms with Gasteiger partial charge in [-0.2, -0.15) is 0 Å². The van der Waals surface area contributed by atoms with Crippen LogP contribution in [-0.4, -0.2) is 79.0 Å². The molecule has 29 heavy (non-hydrogen) atoms. The predicted octanol–water partition coefficient (Wildman–Crippen LogP) is -2.29. The molecular weight excluding hydrogens is 411 g/mol. The van der Waals surface area contributed by atoms with E-state index in [-0.39, 0.29) is 31.0 Å². The van der Waals surface area contributed by atoms with Crippen LogP contribution < -0.4 is 15.2 Å². The average molecular weight is 434 g/mol. The number of phosphoric acid groups is 1. The number of piperidine rings is 1. The molecule has 0 unspecified atom stereocenters. The van der Waals surface area contributed by atoms with Crippen LogP contribution in [0.5, 0.6) is 5.75 Å². The summed E-state index contributed by atoms with van der Waals surface area (Å²) in [5.41, 5.74) is 0.556. The molecule has 1 heterocycles. The molecule has 0 aliphatic carbocycles. The highest BCUT2D eigenvalue weighted by Gasteiger charge is 2.45. The van der Waals surface area contributed by atoms with Crippen LogP contribution in [0, 0.1) is 0 Å². The van der Waals surface area contributed by atoms with Crippen molar-refractivity contribution in [1.82, 2.24) is 10.6 Å². The van der Waals surface area contributed by atoms with Gasteiger partial charge in [0.05, 0.1) is 12.5 Å². The van der Waals surface area contributed by atoms with Gasteiger partial charge in [-0.25, -0.2) is 4.57 Å². The average Bonchev–Trinajstić information content (AvgIpc) is 2.62. The van der Waals surface area contributed by atoms with Gasteiger partial charge in [-0.1, -0.05) is 12.1 Å². The van der Waals surface area contributed by atoms with E-state index in [0.29, 0.717) is 5.56 Å². The van der Waals surface area contributed by atoms with E-state index in [1.807, 2.05) is 0 Å². The summed E-state index contributed by atoms with van der Waals surface area (Å²) in [5.74, 6) is -1.80. The smallest absolute Gasteiger partial charge is 0.480 e. The first kappa shape index (κ1) is 23.2. The van der Waals surface area contributed by atoms with E-state index in [4.69, 9.17) is 14.9 Å². The molecule has 1 aliphatic heterocycles. The second-order valence-corrected chi connectivity index (χ2v) is 7.77. The Balaban J connectivity index is 1.82. The number of benzene rings is 1. The van der Waals surface area contributed by atoms with Crippen molar-refractivity contribution >= 4 is 19.7 Å². The minimum Gasteiger partial charge on any atom is -0.480 e. The van der Waals surface area contributed by atoms with Crippen molar-refractivity contribution < 1.29 is 48.9 Å². The summed E-state index contributed by atoms with van der Waals surface area (Å²) in [6, 6.07) is 3.26. The van der Waals surface area contributed by atoms with Crippen LogP contribution in [0.1, 0.15) is 12.0 Å². The van der Waals surface area contributed by atoms with E-state index in [2.05, 4.69) is 15.2 Å². The molecule has 1 amide bonds. The fourth-order valence-electron chi connectivity index (χ4n) is 2.96. The highest BCUT2D eigenvalue weighted by atomic mass is 31.2. The zero-order chi connectivity index (χ0) is 21.8. The third-order valence-corrected chi connectivity index (χ3v) is 4.85. The maximum atomic E-state index is 12.0. The van der Waals surface area contributed by atoms with Crippen molar-refractivity contribution in [1.29, 1.82) is 0 Å². The summed E-state index contributed by atoms with van der Waals surface area (Å²) in [7, 11) is -4.66. The first-order valence-electron chi connectivity index (χ1n) is 8.62. The number of carboxylic acids is 1. The van der Waals surface area contributed by atoms with Crippen LogP contribution in [0.4, 0.5) is 0 Å². The topological polar surface area (TPSA) is 206 Å². The molecule has 1 aliphatic rings. The zero-order valence-corrected chi connectivity index (χ0v) is 16.0. The molecule has 1 aromatic rings. The number of phosphoric ester groups is 1. The highest BCUT2D eigenvalue weighted by Crippen LogP contribution is 2.37. The lowest BCUT2D eigenvalue weighted by Gasteiger charge is -2.39. The third kappa shape index (κ3) is 6.75. The van der Waals surface area contributed by atoms with E-state index < -0.39 is 44.2 Å². The van der Waals surface area contributed by atoms with E-state index in [9.17, 15) is 29.5 Å². The van der Waals surface area contributed by atoms with Gasteiger partial charge in [-0.05, 0) is 24.1 Å². The molecule has 1 aromatic carbocycles. The van der Waals surface area contributed by atoms with Crippen LogP contribution in [0.25, 0.3) is 0 Å². The Bertz CT molecular complexity index is 767. The van der Waals surface area contributed by atoms with Gasteiger partial charge >= 0.3 is 13.8 Å². The molecule has 8 N–H and O–H groups in total. The summed E-state index contributed by atoms with van der Waals surface area (Å²) >= 11 is 0. The van der Waals surface area contributed by atoms with Crippen LogP contribution in [0.15, 0.2) is 24.3 Å². The number of hydrogen-bond acceptors (Lipinski definition) is 8. The number of hydrogen-bond donors (Lipinski definition) is 8. The van der Waals surface area contributed by atoms with Gasteiger partial charge in [0.1, 0.15) is 24.0 Å². The molecule has 2 rings (SSSR count). The third-order valence-electron chi connectivity index (χ3n) is 4.40. The quantitative estimate of drug-likeness (QED) is 0.204. The summed E-state index contributed by atoms with van der Waals surface area (Å²) in [6.07, 6.45) is -4.62. The summed E-state index contributed by atoms with van der Waals surface area (Å²) in [5, 5.41) is 43.6. The molecule has 0 bridgehead atoms. The lowest BCUT2D eigenvalue weighted by molar-refractivity contribution is -0.157. The number of rotatable bonds is 8. The van der Waals surface area contributed by atoms with Gasteiger partial charge in [-0.15, -0.1) is 0 Å². The lowest BCUT2D eigenvalue weighted by Crippen LogP contribution is -2.67. The second-order valence-electron chi connectivity index (χ2n) is 6.60. The number of aliphatic hydroxyl groups is 3. The molecule has 0 radical (unpaired) electrons. The maximum absolute atomic E-state index is 12.0. The minimum absolute atomic E-state index is 0.0318. The lowest BCUT2D eigenvalue weighted by atomic mass is 9.88. The van der Waals surface area contributed by atoms with Crippen LogP contribution in [0.3, 0.4) is 0 Å². The van der Waals surface area contributed by atoms with Gasteiger partial charge in [0.15, 0.2) is 0 Å². The molecule has 162 valence electrons. The molecular formula is C16H23N2O10P. The van der Waals surface area contributed by atoms with Crippen molar-refractivity contribution in [2.24, 2.45) is 0 Å². The molecule has 0 spiro atoms. The zero-order valence-electron chi connectivity index (χ0n) is 15.1. The Labute approximate surface area is 165 Å². The van der Waals surface area contributed by atoms with Gasteiger partial charge in [-0.3, -0.25) is 24.7 Å². The van der Waals surface area contributed by atoms with E-state index >= 15 is 0 Å². The summed E-state index contributed by atoms with van der Waals surface area (Å²) in [6.45, 7) is 0.0715. The predicted molar refractivity (Wildman–Crippen MR) is 96.8 cm³/mol. The number of nitrogens with one attached hydrogen (secondary N) is 2. The monoisotopic (exact) mass is 434 g/mol. The van der Waals surface area contributed by atoms with Gasteiger partial charge in [0, 0.05) is 12.6 Å². The van der Waals surface area contributed by atoms with Gasteiger partial charge in [0.2, 0.25) is 5.91 Å². The molecule has 0 saturated carbocycles. The number of carbonyl (C=O) groups excluding carboxylic acids is 1. The Morgan fingerprint density at radius 3 is 2.24 bits per heavy atom. The van der Waals surface area contributed by atoms with E-state index in [0.717, 1.165) is 0 Å². The van der Waals surface area contributed by atoms with Crippen molar-refractivity contribution in [2.45, 2.75) is 43.2 Å². The Morgan fingerprint density at radius 2 is 1.69 bits per heavy atom. The van der Waals surface area contributed by atoms with Crippen LogP contribution in [-0.2, 0) is 20.6 Å². The SMILES string of the molecule is O=C(Cc1ccc(OP(=O)(O)O)cc1)NCC[C@@H]1N[C@@H](C(=O)O)[C@@H](O)[C@H](O)[C@H]1O. The van der Waals surface area contributed by atoms with Crippen molar-refractivity contribution in [3.8, 4) is 5.75 Å². The standard InChI is InChI=1S/C16H23N2O10P/c19-11(7-8-1-3-9(4-2-8)28-29(25,26)27)17-6-5-10-13(20)15(22)14(21)12(18-10)16(23)24/h1-4,10,12-15,18,20-22H,5-7H2,(H,17,19)(H,23,24)(H2,25,26,27)/t10-,12+,13-,14+,15+/m0/s1. The van der Waals surface area contributed by atoms with Crippen molar-refractivity contribution in [3.63, 3.8) is 0 Å². The first-order chi connectivity index (χ1) is 13.5. The number of carbonyl (C=O) groups is 2. The molecule has 1 fully saturated rings. The molecule has 12 nitrogen and oxygen atoms in total. The highest BCUT2D eigenvalue weighted by molar-refractivity contribution is 7.46. The largest absolute Gasteiger partial charge is 0.524 e. The number of aliphatic carboxylic acids is 1. The first-order valence-corrected chi connectivity index (χ1v) is 10.1. The van der Waals surface area contributed by atoms with Gasteiger partial charge in [0.25, 0.3) is 0 Å². The normalized spacial score (nSPS) is 27.3. The minimum atomic E-state index is -4.66. The second kappa shape index (κ2) is 9.63. The van der Waals surface area contributed by atoms with E-state index in [1.165, 1.54) is 24.3 Å². The summed E-state index contributed by atoms with van der Waals surface area (Å²) < 4.78 is 15.2. The Hall–Kier alpha value is -2.05.